The first-order valence-electron chi connectivity index (χ1n) is 7.07. The molecule has 0 fully saturated rings. The third-order valence-corrected chi connectivity index (χ3v) is 4.04. The van der Waals surface area contributed by atoms with Crippen molar-refractivity contribution in [3.8, 4) is 0 Å². The number of rotatable bonds is 6. The van der Waals surface area contributed by atoms with Gasteiger partial charge in [-0.3, -0.25) is 0 Å². The van der Waals surface area contributed by atoms with Gasteiger partial charge >= 0.3 is 0 Å². The first-order valence-corrected chi connectivity index (χ1v) is 8.05. The molecule has 0 unspecified atom stereocenters. The van der Waals surface area contributed by atoms with Crippen LogP contribution < -0.4 is 10.6 Å². The van der Waals surface area contributed by atoms with Crippen LogP contribution in [0.2, 0.25) is 0 Å². The van der Waals surface area contributed by atoms with Crippen LogP contribution in [0.3, 0.4) is 0 Å². The minimum absolute atomic E-state index is 0.277. The topological polar surface area (TPSA) is 67.9 Å². The second kappa shape index (κ2) is 7.26. The molecule has 0 bridgehead atoms. The summed E-state index contributed by atoms with van der Waals surface area (Å²) in [5.41, 5.74) is 8.31. The molecule has 0 aliphatic rings. The Kier molecular flexibility index (Phi) is 5.38. The van der Waals surface area contributed by atoms with Crippen LogP contribution in [0.4, 0.5) is 11.9 Å². The SMILES string of the molecule is CCN(CC)c1nc(N)nc(SCc2cccc(C)c2)n1. The standard InChI is InChI=1S/C15H21N5S/c1-4-20(5-2)14-17-13(16)18-15(19-14)21-10-12-8-6-7-11(3)9-12/h6-9H,4-5,10H2,1-3H3,(H2,16,17,18,19). The van der Waals surface area contributed by atoms with Crippen LogP contribution in [-0.2, 0) is 5.75 Å². The number of nitrogens with zero attached hydrogens (tertiary/aromatic N) is 4. The maximum absolute atomic E-state index is 5.80. The van der Waals surface area contributed by atoms with Gasteiger partial charge in [0.2, 0.25) is 11.9 Å². The predicted molar refractivity (Wildman–Crippen MR) is 88.5 cm³/mol. The van der Waals surface area contributed by atoms with Crippen molar-refractivity contribution < 1.29 is 0 Å². The monoisotopic (exact) mass is 303 g/mol. The van der Waals surface area contributed by atoms with Gasteiger partial charge < -0.3 is 10.6 Å². The number of nitrogens with two attached hydrogens (primary N) is 1. The molecule has 1 heterocycles. The smallest absolute Gasteiger partial charge is 0.231 e. The molecule has 0 saturated heterocycles. The van der Waals surface area contributed by atoms with Crippen molar-refractivity contribution in [3.63, 3.8) is 0 Å². The highest BCUT2D eigenvalue weighted by Gasteiger charge is 2.10. The van der Waals surface area contributed by atoms with Crippen LogP contribution in [0.1, 0.15) is 25.0 Å². The number of thioether (sulfide) groups is 1. The van der Waals surface area contributed by atoms with E-state index in [2.05, 4.69) is 64.9 Å². The fraction of sp³-hybridized carbons (Fsp3) is 0.400. The van der Waals surface area contributed by atoms with Gasteiger partial charge in [-0.25, -0.2) is 0 Å². The van der Waals surface area contributed by atoms with Crippen molar-refractivity contribution in [2.75, 3.05) is 23.7 Å². The van der Waals surface area contributed by atoms with Gasteiger partial charge in [0, 0.05) is 18.8 Å². The molecular formula is C15H21N5S. The maximum Gasteiger partial charge on any atom is 0.231 e. The molecule has 0 aliphatic heterocycles. The van der Waals surface area contributed by atoms with Gasteiger partial charge in [0.25, 0.3) is 0 Å². The summed E-state index contributed by atoms with van der Waals surface area (Å²) in [6.45, 7) is 7.93. The van der Waals surface area contributed by atoms with Crippen LogP contribution >= 0.6 is 11.8 Å². The van der Waals surface area contributed by atoms with E-state index in [-0.39, 0.29) is 5.95 Å². The summed E-state index contributed by atoms with van der Waals surface area (Å²) in [7, 11) is 0. The van der Waals surface area contributed by atoms with Gasteiger partial charge in [0.1, 0.15) is 0 Å². The second-order valence-electron chi connectivity index (χ2n) is 4.73. The fourth-order valence-corrected chi connectivity index (χ4v) is 2.80. The highest BCUT2D eigenvalue weighted by atomic mass is 32.2. The molecule has 2 aromatic rings. The summed E-state index contributed by atoms with van der Waals surface area (Å²) in [5.74, 6) is 1.75. The molecule has 5 nitrogen and oxygen atoms in total. The van der Waals surface area contributed by atoms with E-state index in [9.17, 15) is 0 Å². The van der Waals surface area contributed by atoms with E-state index in [1.54, 1.807) is 11.8 Å². The van der Waals surface area contributed by atoms with Crippen LogP contribution in [-0.4, -0.2) is 28.0 Å². The summed E-state index contributed by atoms with van der Waals surface area (Å²) in [6.07, 6.45) is 0. The largest absolute Gasteiger partial charge is 0.368 e. The summed E-state index contributed by atoms with van der Waals surface area (Å²) >= 11 is 1.58. The number of benzene rings is 1. The molecule has 0 saturated carbocycles. The average molecular weight is 303 g/mol. The zero-order valence-electron chi connectivity index (χ0n) is 12.7. The van der Waals surface area contributed by atoms with Gasteiger partial charge in [-0.15, -0.1) is 0 Å². The molecule has 0 atom stereocenters. The fourth-order valence-electron chi connectivity index (χ4n) is 2.02. The molecule has 21 heavy (non-hydrogen) atoms. The molecule has 0 aliphatic carbocycles. The number of hydrogen-bond acceptors (Lipinski definition) is 6. The Morgan fingerprint density at radius 2 is 1.90 bits per heavy atom. The molecule has 0 spiro atoms. The van der Waals surface area contributed by atoms with Gasteiger partial charge in [-0.2, -0.15) is 15.0 Å². The molecular weight excluding hydrogens is 282 g/mol. The van der Waals surface area contributed by atoms with E-state index in [1.165, 1.54) is 11.1 Å². The summed E-state index contributed by atoms with van der Waals surface area (Å²) < 4.78 is 0. The Hall–Kier alpha value is -1.82. The Bertz CT molecular complexity index is 598. The lowest BCUT2D eigenvalue weighted by molar-refractivity contribution is 0.786. The van der Waals surface area contributed by atoms with Crippen molar-refractivity contribution >= 4 is 23.7 Å². The first kappa shape index (κ1) is 15.6. The predicted octanol–water partition coefficient (Wildman–Crippen LogP) is 2.90. The Labute approximate surface area is 130 Å². The third-order valence-electron chi connectivity index (χ3n) is 3.12. The van der Waals surface area contributed by atoms with Gasteiger partial charge in [0.15, 0.2) is 5.16 Å². The van der Waals surface area contributed by atoms with E-state index in [1.807, 2.05) is 0 Å². The molecule has 1 aromatic carbocycles. The molecule has 0 radical (unpaired) electrons. The number of nitrogen functional groups attached to an aromatic ring is 1. The number of aryl methyl sites for hydroxylation is 1. The maximum atomic E-state index is 5.80. The van der Waals surface area contributed by atoms with Crippen LogP contribution in [0.5, 0.6) is 0 Å². The van der Waals surface area contributed by atoms with Crippen molar-refractivity contribution in [2.45, 2.75) is 31.7 Å². The molecule has 112 valence electrons. The molecule has 2 rings (SSSR count). The number of anilines is 2. The average Bonchev–Trinajstić information content (AvgIpc) is 2.46. The van der Waals surface area contributed by atoms with Gasteiger partial charge in [-0.1, -0.05) is 41.6 Å². The highest BCUT2D eigenvalue weighted by Crippen LogP contribution is 2.22. The normalized spacial score (nSPS) is 10.6. The van der Waals surface area contributed by atoms with E-state index in [0.717, 1.165) is 18.8 Å². The van der Waals surface area contributed by atoms with E-state index >= 15 is 0 Å². The Morgan fingerprint density at radius 3 is 2.57 bits per heavy atom. The molecule has 1 aromatic heterocycles. The zero-order valence-corrected chi connectivity index (χ0v) is 13.5. The lowest BCUT2D eigenvalue weighted by atomic mass is 10.2. The second-order valence-corrected chi connectivity index (χ2v) is 5.67. The van der Waals surface area contributed by atoms with Gasteiger partial charge in [-0.05, 0) is 26.3 Å². The molecule has 6 heteroatoms. The number of aromatic nitrogens is 3. The van der Waals surface area contributed by atoms with Crippen molar-refractivity contribution in [2.24, 2.45) is 0 Å². The molecule has 0 amide bonds. The Balaban J connectivity index is 2.13. The highest BCUT2D eigenvalue weighted by molar-refractivity contribution is 7.98. The summed E-state index contributed by atoms with van der Waals surface area (Å²) in [4.78, 5) is 15.0. The quantitative estimate of drug-likeness (QED) is 0.828. The number of hydrogen-bond donors (Lipinski definition) is 1. The lowest BCUT2D eigenvalue weighted by Gasteiger charge is -2.18. The van der Waals surface area contributed by atoms with Crippen molar-refractivity contribution in [1.82, 2.24) is 15.0 Å². The van der Waals surface area contributed by atoms with Crippen LogP contribution in [0.15, 0.2) is 29.4 Å². The summed E-state index contributed by atoms with van der Waals surface area (Å²) in [6, 6.07) is 8.43. The minimum Gasteiger partial charge on any atom is -0.368 e. The lowest BCUT2D eigenvalue weighted by Crippen LogP contribution is -2.25. The van der Waals surface area contributed by atoms with Crippen LogP contribution in [0.25, 0.3) is 0 Å². The Morgan fingerprint density at radius 1 is 1.14 bits per heavy atom. The molecule has 2 N–H and O–H groups in total. The van der Waals surface area contributed by atoms with Gasteiger partial charge in [0.05, 0.1) is 0 Å². The minimum atomic E-state index is 0.277. The van der Waals surface area contributed by atoms with E-state index in [0.29, 0.717) is 11.1 Å². The third kappa shape index (κ3) is 4.32. The summed E-state index contributed by atoms with van der Waals surface area (Å²) in [5, 5.41) is 0.672. The first-order chi connectivity index (χ1) is 10.1. The zero-order chi connectivity index (χ0) is 15.2. The van der Waals surface area contributed by atoms with E-state index < -0.39 is 0 Å². The van der Waals surface area contributed by atoms with E-state index in [4.69, 9.17) is 5.73 Å². The van der Waals surface area contributed by atoms with Crippen molar-refractivity contribution in [1.29, 1.82) is 0 Å². The van der Waals surface area contributed by atoms with Crippen LogP contribution in [0, 0.1) is 6.92 Å². The van der Waals surface area contributed by atoms with Crippen molar-refractivity contribution in [3.05, 3.63) is 35.4 Å².